The van der Waals surface area contributed by atoms with E-state index in [-0.39, 0.29) is 5.41 Å². The van der Waals surface area contributed by atoms with Gasteiger partial charge < -0.3 is 5.73 Å². The predicted molar refractivity (Wildman–Crippen MR) is 123 cm³/mol. The molecule has 0 unspecified atom stereocenters. The van der Waals surface area contributed by atoms with Crippen molar-refractivity contribution in [1.82, 2.24) is 4.98 Å². The van der Waals surface area contributed by atoms with Crippen LogP contribution in [0.5, 0.6) is 0 Å². The number of nitrogens with zero attached hydrogens (tertiary/aromatic N) is 3. The highest BCUT2D eigenvalue weighted by Crippen LogP contribution is 2.67. The molecule has 2 aliphatic carbocycles. The lowest BCUT2D eigenvalue weighted by Crippen LogP contribution is -2.42. The molecule has 2 N–H and O–H groups in total. The molecule has 1 aromatic carbocycles. The molecular weight excluding hydrogens is 368 g/mol. The maximum atomic E-state index is 6.32. The first-order valence-corrected chi connectivity index (χ1v) is 11.0. The van der Waals surface area contributed by atoms with Crippen LogP contribution in [-0.4, -0.2) is 16.5 Å². The number of benzene rings is 1. The molecular formula is C26H28N4. The zero-order valence-corrected chi connectivity index (χ0v) is 18.0. The van der Waals surface area contributed by atoms with Crippen molar-refractivity contribution in [2.24, 2.45) is 21.1 Å². The van der Waals surface area contributed by atoms with Crippen molar-refractivity contribution < 1.29 is 0 Å². The molecule has 2 atom stereocenters. The van der Waals surface area contributed by atoms with Gasteiger partial charge in [-0.1, -0.05) is 44.2 Å². The lowest BCUT2D eigenvalue weighted by molar-refractivity contribution is 0.0682. The molecule has 0 radical (unpaired) electrons. The van der Waals surface area contributed by atoms with Crippen LogP contribution in [0.25, 0.3) is 11.1 Å². The van der Waals surface area contributed by atoms with Crippen LogP contribution < -0.4 is 5.73 Å². The summed E-state index contributed by atoms with van der Waals surface area (Å²) in [4.78, 5) is 14.7. The van der Waals surface area contributed by atoms with Crippen LogP contribution in [0.3, 0.4) is 0 Å². The monoisotopic (exact) mass is 396 g/mol. The highest BCUT2D eigenvalue weighted by atomic mass is 15.2. The Bertz CT molecular complexity index is 1120. The summed E-state index contributed by atoms with van der Waals surface area (Å²) >= 11 is 0. The number of hydrogen-bond donors (Lipinski definition) is 1. The van der Waals surface area contributed by atoms with E-state index in [0.717, 1.165) is 35.2 Å². The second kappa shape index (κ2) is 6.80. The predicted octanol–water partition coefficient (Wildman–Crippen LogP) is 5.17. The maximum absolute atomic E-state index is 6.32. The molecule has 1 fully saturated rings. The van der Waals surface area contributed by atoms with Crippen molar-refractivity contribution in [1.29, 1.82) is 0 Å². The van der Waals surface area contributed by atoms with Crippen LogP contribution in [0.1, 0.15) is 75.5 Å². The fraction of sp³-hybridized carbons (Fsp3) is 0.423. The minimum absolute atomic E-state index is 0.0162. The van der Waals surface area contributed by atoms with Gasteiger partial charge in [-0.2, -0.15) is 0 Å². The molecule has 4 nitrogen and oxygen atoms in total. The zero-order chi connectivity index (χ0) is 20.9. The summed E-state index contributed by atoms with van der Waals surface area (Å²) < 4.78 is 0. The molecule has 2 heterocycles. The lowest BCUT2D eigenvalue weighted by atomic mass is 9.62. The van der Waals surface area contributed by atoms with Gasteiger partial charge in [0.25, 0.3) is 0 Å². The molecule has 2 spiro atoms. The second-order valence-corrected chi connectivity index (χ2v) is 8.94. The van der Waals surface area contributed by atoms with Crippen molar-refractivity contribution in [3.8, 4) is 23.0 Å². The lowest BCUT2D eigenvalue weighted by Gasteiger charge is -2.45. The molecule has 1 aromatic heterocycles. The van der Waals surface area contributed by atoms with Gasteiger partial charge in [-0.15, -0.1) is 5.92 Å². The molecule has 0 bridgehead atoms. The molecule has 4 heteroatoms. The minimum Gasteiger partial charge on any atom is -0.382 e. The molecule has 0 saturated heterocycles. The molecule has 0 amide bonds. The van der Waals surface area contributed by atoms with Gasteiger partial charge in [-0.05, 0) is 55.9 Å². The maximum Gasteiger partial charge on any atom is 0.184 e. The van der Waals surface area contributed by atoms with Crippen LogP contribution in [0.4, 0.5) is 0 Å². The first-order valence-electron chi connectivity index (χ1n) is 11.0. The first-order chi connectivity index (χ1) is 14.5. The highest BCUT2D eigenvalue weighted by molar-refractivity contribution is 6.41. The molecule has 3 aliphatic rings. The molecule has 1 saturated carbocycles. The average molecular weight is 397 g/mol. The van der Waals surface area contributed by atoms with Gasteiger partial charge in [0.1, 0.15) is 5.84 Å². The Morgan fingerprint density at radius 3 is 2.53 bits per heavy atom. The van der Waals surface area contributed by atoms with Crippen molar-refractivity contribution in [2.75, 3.05) is 0 Å². The van der Waals surface area contributed by atoms with Gasteiger partial charge in [0.05, 0.1) is 5.71 Å². The molecule has 152 valence electrons. The molecule has 30 heavy (non-hydrogen) atoms. The van der Waals surface area contributed by atoms with E-state index in [1.807, 2.05) is 26.2 Å². The quantitative estimate of drug-likeness (QED) is 0.676. The van der Waals surface area contributed by atoms with E-state index < -0.39 is 5.66 Å². The number of fused-ring (bicyclic) bond motifs is 3. The normalized spacial score (nSPS) is 26.2. The van der Waals surface area contributed by atoms with E-state index in [2.05, 4.69) is 48.0 Å². The third-order valence-corrected chi connectivity index (χ3v) is 7.49. The van der Waals surface area contributed by atoms with E-state index in [4.69, 9.17) is 15.7 Å². The number of amidine groups is 1. The highest BCUT2D eigenvalue weighted by Gasteiger charge is 2.63. The Hall–Kier alpha value is -2.93. The van der Waals surface area contributed by atoms with Gasteiger partial charge in [0.15, 0.2) is 5.66 Å². The van der Waals surface area contributed by atoms with Gasteiger partial charge in [-0.25, -0.2) is 4.99 Å². The number of hydrogen-bond acceptors (Lipinski definition) is 4. The van der Waals surface area contributed by atoms with Crippen molar-refractivity contribution in [3.05, 3.63) is 53.3 Å². The summed E-state index contributed by atoms with van der Waals surface area (Å²) in [5.74, 6) is 7.07. The fourth-order valence-corrected chi connectivity index (χ4v) is 5.98. The van der Waals surface area contributed by atoms with Crippen molar-refractivity contribution in [2.45, 2.75) is 64.5 Å². The summed E-state index contributed by atoms with van der Waals surface area (Å²) in [6.45, 7) is 6.21. The van der Waals surface area contributed by atoms with Gasteiger partial charge >= 0.3 is 0 Å². The van der Waals surface area contributed by atoms with Crippen LogP contribution in [0.15, 0.2) is 46.6 Å². The van der Waals surface area contributed by atoms with Gasteiger partial charge in [0, 0.05) is 34.5 Å². The summed E-state index contributed by atoms with van der Waals surface area (Å²) in [6.07, 6.45) is 9.78. The van der Waals surface area contributed by atoms with Gasteiger partial charge in [0.2, 0.25) is 0 Å². The Kier molecular flexibility index (Phi) is 4.32. The van der Waals surface area contributed by atoms with E-state index in [9.17, 15) is 0 Å². The standard InChI is InChI=1S/C26H28N4/c1-4-8-19-13-21(16-28-15-19)20-9-10-22-17(2)25(11-6-5-7-12-25)26(23(22)14-20)29-18(3)24(27)30-26/h9-10,13-17H,5-7,11-12H2,1-3H3,(H2,27,30)/t17-,26-/m0/s1. The summed E-state index contributed by atoms with van der Waals surface area (Å²) in [5, 5.41) is 0. The molecule has 5 rings (SSSR count). The van der Waals surface area contributed by atoms with Crippen LogP contribution in [0.2, 0.25) is 0 Å². The number of aliphatic imine (C=N–C) groups is 2. The Labute approximate surface area is 178 Å². The third kappa shape index (κ3) is 2.51. The minimum atomic E-state index is -0.583. The number of rotatable bonds is 1. The molecule has 2 aromatic rings. The second-order valence-electron chi connectivity index (χ2n) is 8.94. The fourth-order valence-electron chi connectivity index (χ4n) is 5.98. The average Bonchev–Trinajstić information content (AvgIpc) is 3.17. The van der Waals surface area contributed by atoms with Crippen LogP contribution in [-0.2, 0) is 5.66 Å². The Morgan fingerprint density at radius 1 is 1.03 bits per heavy atom. The van der Waals surface area contributed by atoms with E-state index >= 15 is 0 Å². The number of nitrogens with two attached hydrogens (primary N) is 1. The number of aromatic nitrogens is 1. The molecule has 1 aliphatic heterocycles. The van der Waals surface area contributed by atoms with Crippen LogP contribution in [0, 0.1) is 17.3 Å². The van der Waals surface area contributed by atoms with Crippen molar-refractivity contribution in [3.63, 3.8) is 0 Å². The summed E-state index contributed by atoms with van der Waals surface area (Å²) in [5.41, 5.74) is 12.3. The summed E-state index contributed by atoms with van der Waals surface area (Å²) in [6, 6.07) is 8.89. The topological polar surface area (TPSA) is 63.6 Å². The van der Waals surface area contributed by atoms with E-state index in [1.54, 1.807) is 0 Å². The van der Waals surface area contributed by atoms with E-state index in [0.29, 0.717) is 11.8 Å². The smallest absolute Gasteiger partial charge is 0.184 e. The Balaban J connectivity index is 1.71. The Morgan fingerprint density at radius 2 is 1.83 bits per heavy atom. The van der Waals surface area contributed by atoms with Crippen molar-refractivity contribution >= 4 is 11.5 Å². The largest absolute Gasteiger partial charge is 0.382 e. The third-order valence-electron chi connectivity index (χ3n) is 7.49. The van der Waals surface area contributed by atoms with E-state index in [1.165, 1.54) is 30.4 Å². The summed E-state index contributed by atoms with van der Waals surface area (Å²) in [7, 11) is 0. The van der Waals surface area contributed by atoms with Gasteiger partial charge in [-0.3, -0.25) is 9.98 Å². The number of pyridine rings is 1. The zero-order valence-electron chi connectivity index (χ0n) is 18.0. The first kappa shape index (κ1) is 19.1. The SMILES string of the molecule is CC#Cc1cncc(-c2ccc3c(c2)[C@@]2(N=C(C)C(N)=N2)C2(CCCCC2)[C@H]3C)c1. The van der Waals surface area contributed by atoms with Crippen LogP contribution >= 0.6 is 0 Å².